The number of carbonyl (C=O) groups excluding carboxylic acids is 1. The Morgan fingerprint density at radius 1 is 0.733 bits per heavy atom. The van der Waals surface area contributed by atoms with Gasteiger partial charge >= 0.3 is 11.9 Å². The number of rotatable bonds is 5. The molecule has 0 fully saturated rings. The number of carboxylic acids is 1. The molecule has 0 unspecified atom stereocenters. The van der Waals surface area contributed by atoms with Gasteiger partial charge in [0, 0.05) is 5.39 Å². The van der Waals surface area contributed by atoms with Crippen molar-refractivity contribution in [2.45, 2.75) is 0 Å². The maximum Gasteiger partial charge on any atom is 0.343 e. The minimum atomic E-state index is -1.09. The molecule has 0 radical (unpaired) electrons. The van der Waals surface area contributed by atoms with Crippen molar-refractivity contribution < 1.29 is 28.9 Å². The lowest BCUT2D eigenvalue weighted by molar-refractivity contribution is 0.0691. The van der Waals surface area contributed by atoms with Crippen LogP contribution in [0.25, 0.3) is 21.5 Å². The molecule has 0 aliphatic carbocycles. The third-order valence-corrected chi connectivity index (χ3v) is 4.87. The van der Waals surface area contributed by atoms with Crippen molar-refractivity contribution in [2.24, 2.45) is 0 Å². The van der Waals surface area contributed by atoms with Gasteiger partial charge < -0.3 is 19.3 Å². The maximum absolute atomic E-state index is 12.7. The number of hydrogen-bond donors (Lipinski definition) is 1. The maximum atomic E-state index is 12.7. The summed E-state index contributed by atoms with van der Waals surface area (Å²) in [6.07, 6.45) is 0. The van der Waals surface area contributed by atoms with E-state index in [2.05, 4.69) is 0 Å². The zero-order valence-corrected chi connectivity index (χ0v) is 16.3. The van der Waals surface area contributed by atoms with Crippen LogP contribution in [0.5, 0.6) is 17.2 Å². The van der Waals surface area contributed by atoms with E-state index in [-0.39, 0.29) is 11.3 Å². The van der Waals surface area contributed by atoms with E-state index >= 15 is 0 Å². The molecule has 0 saturated carbocycles. The second-order valence-corrected chi connectivity index (χ2v) is 6.65. The summed E-state index contributed by atoms with van der Waals surface area (Å²) in [5.41, 5.74) is 0.442. The van der Waals surface area contributed by atoms with E-state index in [4.69, 9.17) is 14.2 Å². The number of carbonyl (C=O) groups is 2. The van der Waals surface area contributed by atoms with Crippen LogP contribution < -0.4 is 14.2 Å². The van der Waals surface area contributed by atoms with Gasteiger partial charge in [-0.2, -0.15) is 0 Å². The van der Waals surface area contributed by atoms with Crippen LogP contribution in [0.15, 0.2) is 66.7 Å². The van der Waals surface area contributed by atoms with Gasteiger partial charge in [0.15, 0.2) is 0 Å². The molecule has 6 nitrogen and oxygen atoms in total. The van der Waals surface area contributed by atoms with Crippen molar-refractivity contribution in [1.82, 2.24) is 0 Å². The highest BCUT2D eigenvalue weighted by atomic mass is 16.5. The zero-order chi connectivity index (χ0) is 21.3. The lowest BCUT2D eigenvalue weighted by atomic mass is 10.0. The van der Waals surface area contributed by atoms with E-state index in [1.807, 2.05) is 24.3 Å². The van der Waals surface area contributed by atoms with Gasteiger partial charge in [-0.3, -0.25) is 0 Å². The van der Waals surface area contributed by atoms with Crippen LogP contribution in [0.1, 0.15) is 20.7 Å². The van der Waals surface area contributed by atoms with Crippen molar-refractivity contribution in [3.63, 3.8) is 0 Å². The molecular weight excluding hydrogens is 384 g/mol. The Bertz CT molecular complexity index is 1290. The van der Waals surface area contributed by atoms with E-state index in [1.54, 1.807) is 43.5 Å². The van der Waals surface area contributed by atoms with Gasteiger partial charge in [-0.05, 0) is 58.6 Å². The first-order valence-electron chi connectivity index (χ1n) is 9.14. The minimum Gasteiger partial charge on any atom is -0.497 e. The average Bonchev–Trinajstić information content (AvgIpc) is 2.77. The van der Waals surface area contributed by atoms with Crippen LogP contribution >= 0.6 is 0 Å². The van der Waals surface area contributed by atoms with Crippen molar-refractivity contribution in [3.05, 3.63) is 77.9 Å². The molecule has 0 aromatic heterocycles. The van der Waals surface area contributed by atoms with Gasteiger partial charge in [0.05, 0.1) is 19.8 Å². The predicted molar refractivity (Wildman–Crippen MR) is 113 cm³/mol. The zero-order valence-electron chi connectivity index (χ0n) is 16.3. The molecule has 0 atom stereocenters. The molecule has 150 valence electrons. The van der Waals surface area contributed by atoms with E-state index in [0.717, 1.165) is 21.9 Å². The van der Waals surface area contributed by atoms with Crippen molar-refractivity contribution in [3.8, 4) is 17.2 Å². The number of carboxylic acid groups (broad SMARTS) is 1. The van der Waals surface area contributed by atoms with E-state index in [1.165, 1.54) is 13.2 Å². The fraction of sp³-hybridized carbons (Fsp3) is 0.0833. The molecule has 0 aliphatic heterocycles. The van der Waals surface area contributed by atoms with Gasteiger partial charge in [-0.25, -0.2) is 9.59 Å². The first kappa shape index (κ1) is 19.3. The van der Waals surface area contributed by atoms with Gasteiger partial charge in [-0.1, -0.05) is 24.3 Å². The Morgan fingerprint density at radius 3 is 2.13 bits per heavy atom. The second kappa shape index (κ2) is 7.75. The summed E-state index contributed by atoms with van der Waals surface area (Å²) in [5, 5.41) is 12.5. The Balaban J connectivity index is 1.67. The number of aromatic carboxylic acids is 1. The third kappa shape index (κ3) is 3.51. The van der Waals surface area contributed by atoms with Crippen LogP contribution in [0.2, 0.25) is 0 Å². The first-order valence-corrected chi connectivity index (χ1v) is 9.14. The highest BCUT2D eigenvalue weighted by molar-refractivity contribution is 6.02. The van der Waals surface area contributed by atoms with Crippen molar-refractivity contribution >= 4 is 33.5 Å². The molecule has 0 amide bonds. The summed E-state index contributed by atoms with van der Waals surface area (Å²) in [5.74, 6) is -0.353. The third-order valence-electron chi connectivity index (χ3n) is 4.87. The number of methoxy groups -OCH3 is 2. The molecule has 0 bridgehead atoms. The summed E-state index contributed by atoms with van der Waals surface area (Å²) in [6.45, 7) is 0. The molecule has 4 rings (SSSR count). The standard InChI is InChI=1S/C24H18O6/c1-28-18-8-6-15-11-17(4-3-16(15)12-18)24(27)30-19-9-5-14-7-10-20(23(25)26)22(29-2)21(14)13-19/h3-13H,1-2H3,(H,25,26). The number of benzene rings is 4. The largest absolute Gasteiger partial charge is 0.497 e. The van der Waals surface area contributed by atoms with Gasteiger partial charge in [0.25, 0.3) is 0 Å². The van der Waals surface area contributed by atoms with E-state index < -0.39 is 11.9 Å². The smallest absolute Gasteiger partial charge is 0.343 e. The molecular formula is C24H18O6. The quantitative estimate of drug-likeness (QED) is 0.377. The monoisotopic (exact) mass is 402 g/mol. The van der Waals surface area contributed by atoms with Crippen molar-refractivity contribution in [1.29, 1.82) is 0 Å². The molecule has 4 aromatic rings. The van der Waals surface area contributed by atoms with E-state index in [9.17, 15) is 14.7 Å². The minimum absolute atomic E-state index is 0.0402. The predicted octanol–water partition coefficient (Wildman–Crippen LogP) is 4.93. The topological polar surface area (TPSA) is 82.1 Å². The first-order chi connectivity index (χ1) is 14.5. The summed E-state index contributed by atoms with van der Waals surface area (Å²) >= 11 is 0. The van der Waals surface area contributed by atoms with Crippen LogP contribution in [0, 0.1) is 0 Å². The second-order valence-electron chi connectivity index (χ2n) is 6.65. The highest BCUT2D eigenvalue weighted by Gasteiger charge is 2.16. The Kier molecular flexibility index (Phi) is 4.98. The summed E-state index contributed by atoms with van der Waals surface area (Å²) in [7, 11) is 3.01. The van der Waals surface area contributed by atoms with Crippen LogP contribution in [0.4, 0.5) is 0 Å². The number of fused-ring (bicyclic) bond motifs is 2. The molecule has 0 aliphatic rings. The van der Waals surface area contributed by atoms with Crippen LogP contribution in [-0.2, 0) is 0 Å². The molecule has 4 aromatic carbocycles. The number of esters is 1. The summed E-state index contributed by atoms with van der Waals surface area (Å²) < 4.78 is 16.1. The van der Waals surface area contributed by atoms with Gasteiger partial charge in [0.1, 0.15) is 22.8 Å². The SMILES string of the molecule is COc1ccc2cc(C(=O)Oc3ccc4ccc(C(=O)O)c(OC)c4c3)ccc2c1. The molecule has 6 heteroatoms. The van der Waals surface area contributed by atoms with Crippen molar-refractivity contribution in [2.75, 3.05) is 14.2 Å². The molecule has 30 heavy (non-hydrogen) atoms. The summed E-state index contributed by atoms with van der Waals surface area (Å²) in [4.78, 5) is 24.1. The molecule has 1 N–H and O–H groups in total. The number of hydrogen-bond acceptors (Lipinski definition) is 5. The van der Waals surface area contributed by atoms with E-state index in [0.29, 0.717) is 16.7 Å². The lowest BCUT2D eigenvalue weighted by Crippen LogP contribution is -2.08. The van der Waals surface area contributed by atoms with Crippen LogP contribution in [-0.4, -0.2) is 31.3 Å². The highest BCUT2D eigenvalue weighted by Crippen LogP contribution is 2.33. The number of ether oxygens (including phenoxy) is 3. The fourth-order valence-electron chi connectivity index (χ4n) is 3.37. The lowest BCUT2D eigenvalue weighted by Gasteiger charge is -2.11. The molecule has 0 heterocycles. The molecule has 0 saturated heterocycles. The Labute approximate surface area is 172 Å². The van der Waals surface area contributed by atoms with Gasteiger partial charge in [-0.15, -0.1) is 0 Å². The normalized spacial score (nSPS) is 10.7. The average molecular weight is 402 g/mol. The summed E-state index contributed by atoms with van der Waals surface area (Å²) in [6, 6.07) is 19.0. The Hall–Kier alpha value is -4.06. The Morgan fingerprint density at radius 2 is 1.40 bits per heavy atom. The van der Waals surface area contributed by atoms with Gasteiger partial charge in [0.2, 0.25) is 0 Å². The van der Waals surface area contributed by atoms with Crippen LogP contribution in [0.3, 0.4) is 0 Å². The fourth-order valence-corrected chi connectivity index (χ4v) is 3.37. The molecule has 0 spiro atoms.